The predicted octanol–water partition coefficient (Wildman–Crippen LogP) is 4.04. The zero-order valence-electron chi connectivity index (χ0n) is 10.6. The maximum atomic E-state index is 13.6. The maximum absolute atomic E-state index is 13.6. The smallest absolute Gasteiger partial charge is 0.188 e. The highest BCUT2D eigenvalue weighted by atomic mass is 32.1. The molecule has 0 aliphatic heterocycles. The molecule has 2 atom stereocenters. The standard InChI is InChI=1S/C14H10F3N3S/c15-9-3-4-10(13(17)12(9)16)19-14-20-11(7-21-14)8-2-1-5-18-6-8/h1-7,9,12H,(H,19,20). The van der Waals surface area contributed by atoms with Gasteiger partial charge in [0.1, 0.15) is 0 Å². The van der Waals surface area contributed by atoms with E-state index in [-0.39, 0.29) is 5.70 Å². The molecule has 1 N–H and O–H groups in total. The van der Waals surface area contributed by atoms with Gasteiger partial charge in [0, 0.05) is 23.3 Å². The van der Waals surface area contributed by atoms with Gasteiger partial charge in [-0.05, 0) is 24.3 Å². The molecular formula is C14H10F3N3S. The molecule has 1 aliphatic rings. The third-order valence-corrected chi connectivity index (χ3v) is 3.69. The first-order chi connectivity index (χ1) is 10.1. The van der Waals surface area contributed by atoms with Crippen molar-refractivity contribution in [2.45, 2.75) is 12.3 Å². The van der Waals surface area contributed by atoms with Crippen LogP contribution in [-0.4, -0.2) is 22.3 Å². The maximum Gasteiger partial charge on any atom is 0.188 e. The molecule has 0 spiro atoms. The molecule has 21 heavy (non-hydrogen) atoms. The van der Waals surface area contributed by atoms with Crippen molar-refractivity contribution < 1.29 is 13.2 Å². The summed E-state index contributed by atoms with van der Waals surface area (Å²) in [5.41, 5.74) is 1.39. The van der Waals surface area contributed by atoms with Crippen LogP contribution in [0.5, 0.6) is 0 Å². The molecule has 108 valence electrons. The van der Waals surface area contributed by atoms with Gasteiger partial charge in [0.25, 0.3) is 0 Å². The van der Waals surface area contributed by atoms with Gasteiger partial charge in [-0.2, -0.15) is 0 Å². The lowest BCUT2D eigenvalue weighted by molar-refractivity contribution is 0.205. The minimum Gasteiger partial charge on any atom is -0.329 e. The summed E-state index contributed by atoms with van der Waals surface area (Å²) in [6, 6.07) is 3.63. The van der Waals surface area contributed by atoms with Crippen molar-refractivity contribution in [3.8, 4) is 11.3 Å². The molecule has 7 heteroatoms. The Morgan fingerprint density at radius 1 is 1.29 bits per heavy atom. The Bertz CT molecular complexity index is 696. The molecule has 0 saturated carbocycles. The molecule has 2 aromatic heterocycles. The second-order valence-electron chi connectivity index (χ2n) is 4.37. The van der Waals surface area contributed by atoms with Gasteiger partial charge in [-0.15, -0.1) is 11.3 Å². The third-order valence-electron chi connectivity index (χ3n) is 2.93. The van der Waals surface area contributed by atoms with Crippen LogP contribution in [0.1, 0.15) is 0 Å². The molecule has 0 fully saturated rings. The fourth-order valence-electron chi connectivity index (χ4n) is 1.85. The summed E-state index contributed by atoms with van der Waals surface area (Å²) in [7, 11) is 0. The summed E-state index contributed by atoms with van der Waals surface area (Å²) in [5.74, 6) is -1.15. The van der Waals surface area contributed by atoms with Crippen molar-refractivity contribution in [2.75, 3.05) is 5.32 Å². The van der Waals surface area contributed by atoms with Gasteiger partial charge in [0.2, 0.25) is 0 Å². The number of allylic oxidation sites excluding steroid dienone is 3. The van der Waals surface area contributed by atoms with Gasteiger partial charge in [0.05, 0.1) is 11.4 Å². The number of pyridine rings is 1. The highest BCUT2D eigenvalue weighted by Gasteiger charge is 2.29. The molecule has 1 aliphatic carbocycles. The predicted molar refractivity (Wildman–Crippen MR) is 76.0 cm³/mol. The number of nitrogens with zero attached hydrogens (tertiary/aromatic N) is 2. The Hall–Kier alpha value is -2.15. The zero-order chi connectivity index (χ0) is 14.8. The van der Waals surface area contributed by atoms with Crippen molar-refractivity contribution in [1.82, 2.24) is 9.97 Å². The average Bonchev–Trinajstić information content (AvgIpc) is 2.97. The summed E-state index contributed by atoms with van der Waals surface area (Å²) < 4.78 is 39.9. The van der Waals surface area contributed by atoms with Crippen LogP contribution in [0.25, 0.3) is 11.3 Å². The normalized spacial score (nSPS) is 21.7. The van der Waals surface area contributed by atoms with Crippen LogP contribution in [0.2, 0.25) is 0 Å². The number of rotatable bonds is 3. The van der Waals surface area contributed by atoms with Gasteiger partial charge in [-0.25, -0.2) is 18.2 Å². The van der Waals surface area contributed by atoms with Gasteiger partial charge >= 0.3 is 0 Å². The number of hydrogen-bond donors (Lipinski definition) is 1. The van der Waals surface area contributed by atoms with Crippen molar-refractivity contribution >= 4 is 16.5 Å². The lowest BCUT2D eigenvalue weighted by Gasteiger charge is -2.16. The van der Waals surface area contributed by atoms with E-state index >= 15 is 0 Å². The van der Waals surface area contributed by atoms with Crippen molar-refractivity contribution in [2.24, 2.45) is 0 Å². The number of alkyl halides is 2. The van der Waals surface area contributed by atoms with Crippen LogP contribution >= 0.6 is 11.3 Å². The second-order valence-corrected chi connectivity index (χ2v) is 5.23. The molecule has 2 heterocycles. The molecule has 0 bridgehead atoms. The molecule has 0 radical (unpaired) electrons. The first-order valence-corrected chi connectivity index (χ1v) is 7.02. The summed E-state index contributed by atoms with van der Waals surface area (Å²) in [4.78, 5) is 8.26. The molecule has 2 unspecified atom stereocenters. The molecule has 0 amide bonds. The van der Waals surface area contributed by atoms with Gasteiger partial charge in [-0.3, -0.25) is 4.98 Å². The number of nitrogens with one attached hydrogen (secondary N) is 1. The van der Waals surface area contributed by atoms with E-state index in [1.165, 1.54) is 17.4 Å². The molecule has 3 rings (SSSR count). The molecule has 0 aromatic carbocycles. The van der Waals surface area contributed by atoms with E-state index in [0.29, 0.717) is 10.8 Å². The third kappa shape index (κ3) is 2.82. The Kier molecular flexibility index (Phi) is 3.74. The summed E-state index contributed by atoms with van der Waals surface area (Å²) in [6.45, 7) is 0. The Balaban J connectivity index is 1.81. The Morgan fingerprint density at radius 2 is 2.14 bits per heavy atom. The minimum atomic E-state index is -2.27. The minimum absolute atomic E-state index is 0.108. The first-order valence-electron chi connectivity index (χ1n) is 6.14. The Labute approximate surface area is 122 Å². The van der Waals surface area contributed by atoms with Crippen molar-refractivity contribution in [3.05, 3.63) is 53.6 Å². The number of halogens is 3. The van der Waals surface area contributed by atoms with E-state index < -0.39 is 18.2 Å². The van der Waals surface area contributed by atoms with Crippen LogP contribution in [0.3, 0.4) is 0 Å². The number of aromatic nitrogens is 2. The van der Waals surface area contributed by atoms with E-state index in [4.69, 9.17) is 0 Å². The quantitative estimate of drug-likeness (QED) is 0.929. The topological polar surface area (TPSA) is 37.8 Å². The number of thiazole rings is 1. The second kappa shape index (κ2) is 5.69. The monoisotopic (exact) mass is 309 g/mol. The molecule has 3 nitrogen and oxygen atoms in total. The number of hydrogen-bond acceptors (Lipinski definition) is 4. The fraction of sp³-hybridized carbons (Fsp3) is 0.143. The first kappa shape index (κ1) is 13.8. The van der Waals surface area contributed by atoms with Gasteiger partial charge in [0.15, 0.2) is 23.3 Å². The van der Waals surface area contributed by atoms with Crippen LogP contribution in [0, 0.1) is 0 Å². The molecule has 0 saturated heterocycles. The zero-order valence-corrected chi connectivity index (χ0v) is 11.4. The van der Waals surface area contributed by atoms with Gasteiger partial charge < -0.3 is 5.32 Å². The van der Waals surface area contributed by atoms with E-state index in [1.807, 2.05) is 6.07 Å². The van der Waals surface area contributed by atoms with Crippen molar-refractivity contribution in [1.29, 1.82) is 0 Å². The summed E-state index contributed by atoms with van der Waals surface area (Å²) in [5, 5.41) is 4.84. The lowest BCUT2D eigenvalue weighted by Crippen LogP contribution is -2.22. The molecule has 2 aromatic rings. The van der Waals surface area contributed by atoms with Crippen LogP contribution in [0.4, 0.5) is 18.3 Å². The van der Waals surface area contributed by atoms with Crippen molar-refractivity contribution in [3.63, 3.8) is 0 Å². The van der Waals surface area contributed by atoms with E-state index in [1.54, 1.807) is 23.8 Å². The fourth-order valence-corrected chi connectivity index (χ4v) is 2.58. The van der Waals surface area contributed by atoms with Gasteiger partial charge in [-0.1, -0.05) is 0 Å². The largest absolute Gasteiger partial charge is 0.329 e. The van der Waals surface area contributed by atoms with Crippen LogP contribution in [0.15, 0.2) is 53.6 Å². The van der Waals surface area contributed by atoms with E-state index in [2.05, 4.69) is 15.3 Å². The highest BCUT2D eigenvalue weighted by Crippen LogP contribution is 2.29. The average molecular weight is 309 g/mol. The van der Waals surface area contributed by atoms with Crippen LogP contribution < -0.4 is 5.32 Å². The lowest BCUT2D eigenvalue weighted by atomic mass is 10.1. The summed E-state index contributed by atoms with van der Waals surface area (Å²) in [6.07, 6.45) is 1.25. The van der Waals surface area contributed by atoms with E-state index in [9.17, 15) is 13.2 Å². The number of anilines is 1. The molecular weight excluding hydrogens is 299 g/mol. The van der Waals surface area contributed by atoms with E-state index in [0.717, 1.165) is 11.6 Å². The summed E-state index contributed by atoms with van der Waals surface area (Å²) >= 11 is 1.24. The highest BCUT2D eigenvalue weighted by molar-refractivity contribution is 7.14. The SMILES string of the molecule is FC1=C(Nc2nc(-c3cccnc3)cs2)C=CC(F)C1F. The Morgan fingerprint density at radius 3 is 2.90 bits per heavy atom. The van der Waals surface area contributed by atoms with Crippen LogP contribution in [-0.2, 0) is 0 Å².